The third-order valence-corrected chi connectivity index (χ3v) is 16.1. The second kappa shape index (κ2) is 14.3. The number of para-hydroxylation sites is 1. The van der Waals surface area contributed by atoms with Gasteiger partial charge in [-0.2, -0.15) is 0 Å². The van der Waals surface area contributed by atoms with Crippen LogP contribution >= 0.6 is 0 Å². The van der Waals surface area contributed by atoms with E-state index in [9.17, 15) is 0 Å². The molecular weight excluding hydrogens is 737 g/mol. The molecule has 0 bridgehead atoms. The van der Waals surface area contributed by atoms with E-state index >= 15 is 0 Å². The van der Waals surface area contributed by atoms with Gasteiger partial charge in [0.2, 0.25) is 0 Å². The van der Waals surface area contributed by atoms with Crippen LogP contribution in [0.25, 0.3) is 0 Å². The van der Waals surface area contributed by atoms with Crippen molar-refractivity contribution < 1.29 is 9.47 Å². The van der Waals surface area contributed by atoms with E-state index in [0.717, 1.165) is 42.9 Å². The van der Waals surface area contributed by atoms with Crippen LogP contribution in [0.4, 0.5) is 5.69 Å². The largest absolute Gasteiger partial charge is 0.490 e. The third kappa shape index (κ3) is 5.90. The average molecular weight is 795 g/mol. The summed E-state index contributed by atoms with van der Waals surface area (Å²) in [6.45, 7) is 7.06. The summed E-state index contributed by atoms with van der Waals surface area (Å²) in [6.07, 6.45) is 48.8. The molecule has 15 atom stereocenters. The molecule has 4 aliphatic heterocycles. The molecule has 7 aliphatic carbocycles. The van der Waals surface area contributed by atoms with Gasteiger partial charge in [-0.25, -0.2) is 9.98 Å². The van der Waals surface area contributed by atoms with Crippen molar-refractivity contribution in [3.8, 4) is 0 Å². The van der Waals surface area contributed by atoms with Gasteiger partial charge in [0.25, 0.3) is 0 Å². The number of benzene rings is 1. The molecule has 6 heteroatoms. The standard InChI is InChI=1S/C54H58N4O2/c1-32-20-23-34(24-21-32)36-25-22-33(2)40(28-36)53-56-51(35-12-5-4-6-13-35)55-52(57-53)37-26-27-54(3)43-16-11-18-45(50(43)60-49(54)29-37)58-44-17-9-7-14-38(44)41-30-42-39-15-8-10-19-47(39)59-48(42)31-46(41)58/h4-5,7-12,14-17,19-20,22-23,25-29,31-34,39-43,45-47,49-51H,6,13,18,21,24,30H2,1-3H3,(H,55,56,57)/t32?,33?,34?,39?,40?,41?,42?,43?,45?,46?,47-,49?,50?,51?,54?/m0/s1. The Balaban J connectivity index is 0.867. The number of nitrogens with zero attached hydrogens (tertiary/aromatic N) is 3. The molecule has 2 saturated heterocycles. The summed E-state index contributed by atoms with van der Waals surface area (Å²) in [5.41, 5.74) is 6.48. The maximum Gasteiger partial charge on any atom is 0.158 e. The van der Waals surface area contributed by atoms with Crippen LogP contribution in [-0.4, -0.2) is 48.2 Å². The van der Waals surface area contributed by atoms with Gasteiger partial charge in [0.05, 0.1) is 30.1 Å². The first-order chi connectivity index (χ1) is 29.4. The molecule has 0 radical (unpaired) electrons. The van der Waals surface area contributed by atoms with Crippen molar-refractivity contribution >= 4 is 17.4 Å². The molecule has 1 aromatic carbocycles. The number of nitrogens with one attached hydrogen (secondary N) is 1. The minimum absolute atomic E-state index is 0.0438. The van der Waals surface area contributed by atoms with Crippen LogP contribution in [0.1, 0.15) is 70.8 Å². The van der Waals surface area contributed by atoms with Crippen LogP contribution in [0.2, 0.25) is 0 Å². The quantitative estimate of drug-likeness (QED) is 0.302. The fourth-order valence-corrected chi connectivity index (χ4v) is 12.7. The molecule has 6 nitrogen and oxygen atoms in total. The molecule has 0 amide bonds. The van der Waals surface area contributed by atoms with E-state index in [4.69, 9.17) is 19.5 Å². The van der Waals surface area contributed by atoms with Crippen molar-refractivity contribution in [3.05, 3.63) is 162 Å². The van der Waals surface area contributed by atoms with E-state index < -0.39 is 0 Å². The first kappa shape index (κ1) is 36.9. The molecule has 0 saturated carbocycles. The van der Waals surface area contributed by atoms with Crippen LogP contribution < -0.4 is 10.2 Å². The Labute approximate surface area is 356 Å². The monoisotopic (exact) mass is 794 g/mol. The lowest BCUT2D eigenvalue weighted by Gasteiger charge is -2.43. The van der Waals surface area contributed by atoms with Gasteiger partial charge in [0, 0.05) is 52.2 Å². The third-order valence-electron chi connectivity index (χ3n) is 16.1. The Morgan fingerprint density at radius 3 is 2.70 bits per heavy atom. The predicted octanol–water partition coefficient (Wildman–Crippen LogP) is 10.6. The Bertz CT molecular complexity index is 2380. The number of anilines is 1. The predicted molar refractivity (Wildman–Crippen MR) is 242 cm³/mol. The number of aliphatic imine (C=N–C) groups is 2. The summed E-state index contributed by atoms with van der Waals surface area (Å²) in [5, 5.41) is 3.86. The molecule has 4 heterocycles. The van der Waals surface area contributed by atoms with E-state index in [0.29, 0.717) is 35.5 Å². The summed E-state index contributed by atoms with van der Waals surface area (Å²) in [6, 6.07) is 9.66. The summed E-state index contributed by atoms with van der Waals surface area (Å²) < 4.78 is 14.1. The highest BCUT2D eigenvalue weighted by Crippen LogP contribution is 2.58. The van der Waals surface area contributed by atoms with Crippen LogP contribution in [0, 0.1) is 46.8 Å². The lowest BCUT2D eigenvalue weighted by atomic mass is 9.67. The molecule has 14 unspecified atom stereocenters. The maximum atomic E-state index is 7.41. The van der Waals surface area contributed by atoms with Gasteiger partial charge in [0.1, 0.15) is 18.1 Å². The molecule has 11 aliphatic rings. The SMILES string of the molecule is CC1C=CC(C2=CC(C3=NC(C4=CC5OC6C(N7c8ccccc8C8CC9C(=CC87)O[C@H]7C=CC=CC97)CC=CC6C5(C)C=C4)=NC(C4=CC=CCC4)N3)C(C)C=C2)CC1. The zero-order chi connectivity index (χ0) is 40.1. The van der Waals surface area contributed by atoms with E-state index in [1.807, 2.05) is 0 Å². The minimum atomic E-state index is -0.178. The van der Waals surface area contributed by atoms with Crippen LogP contribution in [0.5, 0.6) is 0 Å². The molecule has 0 aromatic heterocycles. The molecule has 2 fully saturated rings. The molecule has 60 heavy (non-hydrogen) atoms. The zero-order valence-electron chi connectivity index (χ0n) is 35.2. The fourth-order valence-electron chi connectivity index (χ4n) is 12.7. The van der Waals surface area contributed by atoms with E-state index in [-0.39, 0.29) is 53.8 Å². The summed E-state index contributed by atoms with van der Waals surface area (Å²) in [4.78, 5) is 13.6. The highest BCUT2D eigenvalue weighted by Gasteiger charge is 2.58. The molecule has 0 spiro atoms. The number of allylic oxidation sites excluding steroid dienone is 11. The number of hydrogen-bond acceptors (Lipinski definition) is 6. The van der Waals surface area contributed by atoms with E-state index in [1.165, 1.54) is 41.0 Å². The number of ether oxygens (including phenoxy) is 2. The molecule has 12 rings (SSSR count). The van der Waals surface area contributed by atoms with Gasteiger partial charge >= 0.3 is 0 Å². The Morgan fingerprint density at radius 1 is 0.900 bits per heavy atom. The Morgan fingerprint density at radius 2 is 1.82 bits per heavy atom. The number of rotatable bonds is 5. The second-order valence-corrected chi connectivity index (χ2v) is 19.7. The van der Waals surface area contributed by atoms with Crippen molar-refractivity contribution in [1.29, 1.82) is 0 Å². The summed E-state index contributed by atoms with van der Waals surface area (Å²) in [7, 11) is 0. The van der Waals surface area contributed by atoms with Crippen molar-refractivity contribution in [2.24, 2.45) is 56.8 Å². The highest BCUT2D eigenvalue weighted by atomic mass is 16.5. The van der Waals surface area contributed by atoms with E-state index in [2.05, 4.69) is 165 Å². The Hall–Kier alpha value is -4.94. The van der Waals surface area contributed by atoms with Crippen LogP contribution in [0.15, 0.2) is 166 Å². The van der Waals surface area contributed by atoms with Crippen molar-refractivity contribution in [2.45, 2.75) is 102 Å². The average Bonchev–Trinajstić information content (AvgIpc) is 3.92. The zero-order valence-corrected chi connectivity index (χ0v) is 35.2. The van der Waals surface area contributed by atoms with Crippen LogP contribution in [0.3, 0.4) is 0 Å². The molecule has 1 aromatic rings. The first-order valence-corrected chi connectivity index (χ1v) is 23.1. The molecular formula is C54H58N4O2. The lowest BCUT2D eigenvalue weighted by molar-refractivity contribution is 0.0327. The summed E-state index contributed by atoms with van der Waals surface area (Å²) >= 11 is 0. The van der Waals surface area contributed by atoms with Gasteiger partial charge in [-0.15, -0.1) is 0 Å². The smallest absolute Gasteiger partial charge is 0.158 e. The molecule has 306 valence electrons. The lowest BCUT2D eigenvalue weighted by Crippen LogP contribution is -2.52. The Kier molecular flexibility index (Phi) is 8.81. The normalized spacial score (nSPS) is 42.5. The highest BCUT2D eigenvalue weighted by molar-refractivity contribution is 6.10. The maximum absolute atomic E-state index is 7.41. The number of fused-ring (bicyclic) bond motifs is 9. The van der Waals surface area contributed by atoms with Gasteiger partial charge in [-0.1, -0.05) is 130 Å². The molecule has 1 N–H and O–H groups in total. The second-order valence-electron chi connectivity index (χ2n) is 19.7. The topological polar surface area (TPSA) is 58.5 Å². The van der Waals surface area contributed by atoms with Gasteiger partial charge in [-0.3, -0.25) is 0 Å². The number of hydrogen-bond donors (Lipinski definition) is 1. The minimum Gasteiger partial charge on any atom is -0.490 e. The summed E-state index contributed by atoms with van der Waals surface area (Å²) in [5.74, 6) is 6.20. The first-order valence-electron chi connectivity index (χ1n) is 23.1. The van der Waals surface area contributed by atoms with Gasteiger partial charge < -0.3 is 19.7 Å². The van der Waals surface area contributed by atoms with Crippen LogP contribution in [-0.2, 0) is 9.47 Å². The van der Waals surface area contributed by atoms with Crippen molar-refractivity contribution in [1.82, 2.24) is 5.32 Å². The van der Waals surface area contributed by atoms with Gasteiger partial charge in [-0.05, 0) is 91.4 Å². The number of amidine groups is 2. The fraction of sp³-hybridized carbons (Fsp3) is 0.444. The van der Waals surface area contributed by atoms with Gasteiger partial charge in [0.15, 0.2) is 5.84 Å². The van der Waals surface area contributed by atoms with Crippen molar-refractivity contribution in [2.75, 3.05) is 4.90 Å². The van der Waals surface area contributed by atoms with Crippen molar-refractivity contribution in [3.63, 3.8) is 0 Å². The van der Waals surface area contributed by atoms with E-state index in [1.54, 1.807) is 0 Å².